The van der Waals surface area contributed by atoms with Crippen molar-refractivity contribution >= 4 is 5.91 Å². The first-order valence-corrected chi connectivity index (χ1v) is 9.30. The monoisotopic (exact) mass is 352 g/mol. The van der Waals surface area contributed by atoms with E-state index in [-0.39, 0.29) is 0 Å². The Kier molecular flexibility index (Phi) is 4.84. The largest absolute Gasteiger partial charge is 0.437 e. The fourth-order valence-electron chi connectivity index (χ4n) is 3.60. The van der Waals surface area contributed by atoms with Gasteiger partial charge in [0.05, 0.1) is 0 Å². The second-order valence-electron chi connectivity index (χ2n) is 7.28. The lowest BCUT2D eigenvalue weighted by Gasteiger charge is -2.32. The number of hydrogen-bond acceptors (Lipinski definition) is 5. The van der Waals surface area contributed by atoms with E-state index in [4.69, 9.17) is 10.5 Å². The molecule has 1 aromatic carbocycles. The first-order chi connectivity index (χ1) is 12.7. The molecule has 1 aliphatic carbocycles. The molecule has 1 saturated carbocycles. The van der Waals surface area contributed by atoms with Gasteiger partial charge in [-0.2, -0.15) is 0 Å². The normalized spacial score (nSPS) is 20.7. The van der Waals surface area contributed by atoms with Gasteiger partial charge in [0.25, 0.3) is 0 Å². The van der Waals surface area contributed by atoms with Crippen LogP contribution in [0.2, 0.25) is 0 Å². The average Bonchev–Trinajstić information content (AvgIpc) is 3.47. The summed E-state index contributed by atoms with van der Waals surface area (Å²) in [6.07, 6.45) is 8.43. The zero-order valence-electron chi connectivity index (χ0n) is 14.8. The number of likely N-dealkylation sites (tertiary alicyclic amines) is 1. The smallest absolute Gasteiger partial charge is 0.248 e. The molecular formula is C20H24N4O2. The minimum Gasteiger partial charge on any atom is -0.437 e. The molecule has 1 saturated heterocycles. The summed E-state index contributed by atoms with van der Waals surface area (Å²) >= 11 is 0. The van der Waals surface area contributed by atoms with Crippen LogP contribution in [-0.2, 0) is 0 Å². The molecule has 4 rings (SSSR count). The number of carbonyl (C=O) groups is 1. The van der Waals surface area contributed by atoms with Crippen LogP contribution in [0, 0.1) is 5.92 Å². The van der Waals surface area contributed by atoms with E-state index in [1.54, 1.807) is 36.7 Å². The predicted molar refractivity (Wildman–Crippen MR) is 98.2 cm³/mol. The summed E-state index contributed by atoms with van der Waals surface area (Å²) in [5, 5.41) is 0. The minimum atomic E-state index is -0.449. The lowest BCUT2D eigenvalue weighted by molar-refractivity contribution is 0.100. The summed E-state index contributed by atoms with van der Waals surface area (Å²) < 4.78 is 5.98. The molecule has 1 aromatic heterocycles. The van der Waals surface area contributed by atoms with E-state index in [0.717, 1.165) is 24.6 Å². The van der Waals surface area contributed by atoms with Gasteiger partial charge in [-0.3, -0.25) is 9.78 Å². The highest BCUT2D eigenvalue weighted by Gasteiger charge is 2.30. The summed E-state index contributed by atoms with van der Waals surface area (Å²) in [6, 6.07) is 6.79. The molecule has 1 amide bonds. The highest BCUT2D eigenvalue weighted by molar-refractivity contribution is 5.92. The fourth-order valence-corrected chi connectivity index (χ4v) is 3.60. The molecule has 1 unspecified atom stereocenters. The van der Waals surface area contributed by atoms with Gasteiger partial charge in [0.1, 0.15) is 11.4 Å². The zero-order chi connectivity index (χ0) is 17.9. The van der Waals surface area contributed by atoms with Gasteiger partial charge in [-0.15, -0.1) is 0 Å². The Bertz CT molecular complexity index is 774. The first-order valence-electron chi connectivity index (χ1n) is 9.30. The molecule has 2 fully saturated rings. The van der Waals surface area contributed by atoms with Crippen LogP contribution < -0.4 is 10.5 Å². The summed E-state index contributed by atoms with van der Waals surface area (Å²) in [6.45, 7) is 3.41. The van der Waals surface area contributed by atoms with Gasteiger partial charge in [0.2, 0.25) is 11.8 Å². The maximum Gasteiger partial charge on any atom is 0.248 e. The Hall–Kier alpha value is -2.47. The maximum atomic E-state index is 11.2. The van der Waals surface area contributed by atoms with Crippen LogP contribution in [0.4, 0.5) is 0 Å². The summed E-state index contributed by atoms with van der Waals surface area (Å²) in [5.74, 6) is 1.97. The number of rotatable bonds is 6. The van der Waals surface area contributed by atoms with E-state index < -0.39 is 5.91 Å². The number of amides is 1. The zero-order valence-corrected chi connectivity index (χ0v) is 14.8. The lowest BCUT2D eigenvalue weighted by Crippen LogP contribution is -2.36. The number of primary amides is 1. The van der Waals surface area contributed by atoms with Gasteiger partial charge in [-0.25, -0.2) is 4.98 Å². The highest BCUT2D eigenvalue weighted by Crippen LogP contribution is 2.35. The van der Waals surface area contributed by atoms with Gasteiger partial charge in [-0.05, 0) is 62.4 Å². The molecule has 0 radical (unpaired) electrons. The van der Waals surface area contributed by atoms with E-state index >= 15 is 0 Å². The average molecular weight is 352 g/mol. The molecule has 1 aliphatic heterocycles. The SMILES string of the molecule is NC(=O)c1ccc(Oc2nccnc2C2CCCN(CC3CC3)C2)cc1. The van der Waals surface area contributed by atoms with Crippen molar-refractivity contribution in [2.75, 3.05) is 19.6 Å². The first kappa shape index (κ1) is 17.0. The Morgan fingerprint density at radius 1 is 1.15 bits per heavy atom. The van der Waals surface area contributed by atoms with E-state index in [2.05, 4.69) is 14.9 Å². The number of carbonyl (C=O) groups excluding carboxylic acids is 1. The van der Waals surface area contributed by atoms with Gasteiger partial charge < -0.3 is 15.4 Å². The molecule has 6 nitrogen and oxygen atoms in total. The standard InChI is InChI=1S/C20H24N4O2/c21-19(25)15-5-7-17(8-6-15)26-20-18(22-9-10-23-20)16-2-1-11-24(13-16)12-14-3-4-14/h5-10,14,16H,1-4,11-13H2,(H2,21,25). The van der Waals surface area contributed by atoms with E-state index in [1.165, 1.54) is 32.4 Å². The van der Waals surface area contributed by atoms with Crippen LogP contribution in [0.1, 0.15) is 47.7 Å². The molecule has 2 N–H and O–H groups in total. The lowest BCUT2D eigenvalue weighted by atomic mass is 9.94. The highest BCUT2D eigenvalue weighted by atomic mass is 16.5. The van der Waals surface area contributed by atoms with Crippen molar-refractivity contribution in [3.8, 4) is 11.6 Å². The number of nitrogens with zero attached hydrogens (tertiary/aromatic N) is 3. The summed E-state index contributed by atoms with van der Waals surface area (Å²) in [7, 11) is 0. The number of aromatic nitrogens is 2. The third kappa shape index (κ3) is 4.02. The van der Waals surface area contributed by atoms with Crippen LogP contribution in [0.15, 0.2) is 36.7 Å². The third-order valence-corrected chi connectivity index (χ3v) is 5.15. The van der Waals surface area contributed by atoms with Crippen molar-refractivity contribution in [2.45, 2.75) is 31.6 Å². The number of ether oxygens (including phenoxy) is 1. The summed E-state index contributed by atoms with van der Waals surface area (Å²) in [5.41, 5.74) is 6.66. The van der Waals surface area contributed by atoms with E-state index in [0.29, 0.717) is 23.1 Å². The number of piperidine rings is 1. The second-order valence-corrected chi connectivity index (χ2v) is 7.28. The Morgan fingerprint density at radius 3 is 2.65 bits per heavy atom. The van der Waals surface area contributed by atoms with Crippen molar-refractivity contribution in [3.05, 3.63) is 47.9 Å². The minimum absolute atomic E-state index is 0.344. The molecule has 26 heavy (non-hydrogen) atoms. The molecule has 2 heterocycles. The van der Waals surface area contributed by atoms with Crippen LogP contribution >= 0.6 is 0 Å². The Balaban J connectivity index is 1.49. The molecular weight excluding hydrogens is 328 g/mol. The van der Waals surface area contributed by atoms with Gasteiger partial charge in [0.15, 0.2) is 0 Å². The molecule has 0 bridgehead atoms. The molecule has 2 aliphatic rings. The van der Waals surface area contributed by atoms with Crippen molar-refractivity contribution in [2.24, 2.45) is 11.7 Å². The van der Waals surface area contributed by atoms with E-state index in [9.17, 15) is 4.79 Å². The number of hydrogen-bond donors (Lipinski definition) is 1. The topological polar surface area (TPSA) is 81.3 Å². The molecule has 2 aromatic rings. The number of nitrogens with two attached hydrogens (primary N) is 1. The third-order valence-electron chi connectivity index (χ3n) is 5.15. The molecule has 136 valence electrons. The van der Waals surface area contributed by atoms with Crippen LogP contribution in [-0.4, -0.2) is 40.4 Å². The van der Waals surface area contributed by atoms with Crippen LogP contribution in [0.3, 0.4) is 0 Å². The summed E-state index contributed by atoms with van der Waals surface area (Å²) in [4.78, 5) is 22.8. The predicted octanol–water partition coefficient (Wildman–Crippen LogP) is 2.96. The van der Waals surface area contributed by atoms with Crippen LogP contribution in [0.25, 0.3) is 0 Å². The van der Waals surface area contributed by atoms with Gasteiger partial charge >= 0.3 is 0 Å². The van der Waals surface area contributed by atoms with Crippen molar-refractivity contribution in [1.29, 1.82) is 0 Å². The van der Waals surface area contributed by atoms with Crippen molar-refractivity contribution in [1.82, 2.24) is 14.9 Å². The molecule has 6 heteroatoms. The quantitative estimate of drug-likeness (QED) is 0.864. The van der Waals surface area contributed by atoms with Crippen molar-refractivity contribution in [3.63, 3.8) is 0 Å². The van der Waals surface area contributed by atoms with E-state index in [1.807, 2.05) is 0 Å². The Morgan fingerprint density at radius 2 is 1.92 bits per heavy atom. The van der Waals surface area contributed by atoms with Gasteiger partial charge in [0, 0.05) is 37.0 Å². The molecule has 0 spiro atoms. The maximum absolute atomic E-state index is 11.2. The van der Waals surface area contributed by atoms with Crippen LogP contribution in [0.5, 0.6) is 11.6 Å². The fraction of sp³-hybridized carbons (Fsp3) is 0.450. The number of benzene rings is 1. The Labute approximate surface area is 153 Å². The molecule has 1 atom stereocenters. The van der Waals surface area contributed by atoms with Crippen molar-refractivity contribution < 1.29 is 9.53 Å². The van der Waals surface area contributed by atoms with Gasteiger partial charge in [-0.1, -0.05) is 0 Å². The second kappa shape index (κ2) is 7.41.